The summed E-state index contributed by atoms with van der Waals surface area (Å²) in [5.74, 6) is 0.963. The van der Waals surface area contributed by atoms with Gasteiger partial charge in [-0.25, -0.2) is 0 Å². The van der Waals surface area contributed by atoms with Gasteiger partial charge in [0, 0.05) is 4.90 Å². The van der Waals surface area contributed by atoms with Crippen LogP contribution in [0.1, 0.15) is 19.4 Å². The quantitative estimate of drug-likeness (QED) is 0.684. The first-order chi connectivity index (χ1) is 6.13. The van der Waals surface area contributed by atoms with Crippen molar-refractivity contribution in [3.63, 3.8) is 0 Å². The monoisotopic (exact) mass is 196 g/mol. The van der Waals surface area contributed by atoms with Crippen molar-refractivity contribution >= 4 is 11.8 Å². The van der Waals surface area contributed by atoms with Crippen LogP contribution in [0, 0.1) is 6.92 Å². The van der Waals surface area contributed by atoms with Crippen molar-refractivity contribution in [2.75, 3.05) is 6.26 Å². The van der Waals surface area contributed by atoms with E-state index in [1.165, 1.54) is 10.5 Å². The smallest absolute Gasteiger partial charge is 0.120 e. The Morgan fingerprint density at radius 3 is 2.54 bits per heavy atom. The van der Waals surface area contributed by atoms with Crippen LogP contribution in [0.2, 0.25) is 0 Å². The first-order valence-electron chi connectivity index (χ1n) is 4.44. The Kier molecular flexibility index (Phi) is 3.67. The molecule has 0 saturated carbocycles. The van der Waals surface area contributed by atoms with Gasteiger partial charge in [-0.3, -0.25) is 0 Å². The average molecular weight is 196 g/mol. The minimum absolute atomic E-state index is 0.248. The molecule has 0 unspecified atom stereocenters. The van der Waals surface area contributed by atoms with Crippen molar-refractivity contribution in [2.24, 2.45) is 0 Å². The highest BCUT2D eigenvalue weighted by Gasteiger charge is 2.01. The third-order valence-corrected chi connectivity index (χ3v) is 2.63. The third-order valence-electron chi connectivity index (χ3n) is 1.75. The number of thioether (sulfide) groups is 1. The standard InChI is InChI=1S/C11H16OS/c1-8(2)12-10-6-5-9(3)11(7-10)13-4/h5-8H,1-4H3. The maximum atomic E-state index is 5.60. The fraction of sp³-hybridized carbons (Fsp3) is 0.455. The molecule has 1 nitrogen and oxygen atoms in total. The Labute approximate surface area is 84.5 Å². The van der Waals surface area contributed by atoms with E-state index < -0.39 is 0 Å². The van der Waals surface area contributed by atoms with Crippen molar-refractivity contribution in [3.8, 4) is 5.75 Å². The van der Waals surface area contributed by atoms with Gasteiger partial charge < -0.3 is 4.74 Å². The molecule has 0 fully saturated rings. The van der Waals surface area contributed by atoms with E-state index in [1.807, 2.05) is 19.9 Å². The molecule has 0 saturated heterocycles. The van der Waals surface area contributed by atoms with Gasteiger partial charge in [-0.05, 0) is 44.7 Å². The number of hydrogen-bond acceptors (Lipinski definition) is 2. The largest absolute Gasteiger partial charge is 0.491 e. The van der Waals surface area contributed by atoms with E-state index in [-0.39, 0.29) is 6.10 Å². The second-order valence-corrected chi connectivity index (χ2v) is 4.15. The molecule has 0 aliphatic carbocycles. The van der Waals surface area contributed by atoms with E-state index in [0.717, 1.165) is 5.75 Å². The Morgan fingerprint density at radius 2 is 2.00 bits per heavy atom. The lowest BCUT2D eigenvalue weighted by Gasteiger charge is -2.11. The van der Waals surface area contributed by atoms with Crippen LogP contribution >= 0.6 is 11.8 Å². The molecule has 0 spiro atoms. The van der Waals surface area contributed by atoms with Gasteiger partial charge in [-0.1, -0.05) is 6.07 Å². The summed E-state index contributed by atoms with van der Waals surface area (Å²) in [7, 11) is 0. The third kappa shape index (κ3) is 2.96. The molecule has 0 heterocycles. The highest BCUT2D eigenvalue weighted by Crippen LogP contribution is 2.25. The Bertz CT molecular complexity index is 281. The van der Waals surface area contributed by atoms with Crippen LogP contribution in [-0.4, -0.2) is 12.4 Å². The van der Waals surface area contributed by atoms with Crippen molar-refractivity contribution in [3.05, 3.63) is 23.8 Å². The van der Waals surface area contributed by atoms with E-state index >= 15 is 0 Å². The maximum Gasteiger partial charge on any atom is 0.120 e. The maximum absolute atomic E-state index is 5.60. The van der Waals surface area contributed by atoms with E-state index in [2.05, 4.69) is 25.3 Å². The normalized spacial score (nSPS) is 10.5. The number of benzene rings is 1. The van der Waals surface area contributed by atoms with Crippen LogP contribution < -0.4 is 4.74 Å². The van der Waals surface area contributed by atoms with Gasteiger partial charge in [-0.15, -0.1) is 11.8 Å². The summed E-state index contributed by atoms with van der Waals surface area (Å²) in [6.07, 6.45) is 2.33. The predicted octanol–water partition coefficient (Wildman–Crippen LogP) is 3.50. The molecule has 0 aromatic heterocycles. The van der Waals surface area contributed by atoms with Gasteiger partial charge in [0.2, 0.25) is 0 Å². The van der Waals surface area contributed by atoms with Crippen LogP contribution in [-0.2, 0) is 0 Å². The molecule has 13 heavy (non-hydrogen) atoms. The first-order valence-corrected chi connectivity index (χ1v) is 5.67. The summed E-state index contributed by atoms with van der Waals surface area (Å²) in [5.41, 5.74) is 1.31. The first kappa shape index (κ1) is 10.5. The van der Waals surface area contributed by atoms with E-state index in [1.54, 1.807) is 11.8 Å². The van der Waals surface area contributed by atoms with Gasteiger partial charge >= 0.3 is 0 Å². The average Bonchev–Trinajstić information content (AvgIpc) is 2.07. The van der Waals surface area contributed by atoms with Crippen molar-refractivity contribution in [1.29, 1.82) is 0 Å². The zero-order valence-corrected chi connectivity index (χ0v) is 9.44. The zero-order valence-electron chi connectivity index (χ0n) is 8.63. The van der Waals surface area contributed by atoms with Gasteiger partial charge in [0.25, 0.3) is 0 Å². The predicted molar refractivity (Wildman–Crippen MR) is 58.7 cm³/mol. The van der Waals surface area contributed by atoms with Crippen LogP contribution in [0.15, 0.2) is 23.1 Å². The Hall–Kier alpha value is -0.630. The minimum Gasteiger partial charge on any atom is -0.491 e. The number of ether oxygens (including phenoxy) is 1. The molecule has 0 aliphatic rings. The highest BCUT2D eigenvalue weighted by atomic mass is 32.2. The van der Waals surface area contributed by atoms with Crippen molar-refractivity contribution in [2.45, 2.75) is 31.8 Å². The second-order valence-electron chi connectivity index (χ2n) is 3.30. The molecule has 0 atom stereocenters. The minimum atomic E-state index is 0.248. The van der Waals surface area contributed by atoms with Gasteiger partial charge in [0.05, 0.1) is 6.10 Å². The molecule has 1 aromatic rings. The van der Waals surface area contributed by atoms with Gasteiger partial charge in [0.1, 0.15) is 5.75 Å². The highest BCUT2D eigenvalue weighted by molar-refractivity contribution is 7.98. The fourth-order valence-corrected chi connectivity index (χ4v) is 1.77. The molecule has 0 N–H and O–H groups in total. The summed E-state index contributed by atoms with van der Waals surface area (Å²) in [5, 5.41) is 0. The molecule has 0 bridgehead atoms. The van der Waals surface area contributed by atoms with Crippen LogP contribution in [0.4, 0.5) is 0 Å². The van der Waals surface area contributed by atoms with E-state index in [0.29, 0.717) is 0 Å². The van der Waals surface area contributed by atoms with Crippen molar-refractivity contribution in [1.82, 2.24) is 0 Å². The van der Waals surface area contributed by atoms with E-state index in [4.69, 9.17) is 4.74 Å². The molecule has 2 heteroatoms. The lowest BCUT2D eigenvalue weighted by molar-refractivity contribution is 0.242. The van der Waals surface area contributed by atoms with E-state index in [9.17, 15) is 0 Å². The second kappa shape index (κ2) is 4.56. The molecule has 72 valence electrons. The summed E-state index contributed by atoms with van der Waals surface area (Å²) in [6.45, 7) is 6.20. The number of aryl methyl sites for hydroxylation is 1. The zero-order chi connectivity index (χ0) is 9.84. The van der Waals surface area contributed by atoms with Crippen molar-refractivity contribution < 1.29 is 4.74 Å². The Balaban J connectivity index is 2.86. The molecule has 0 amide bonds. The molecule has 0 radical (unpaired) electrons. The SMILES string of the molecule is CSc1cc(OC(C)C)ccc1C. The molecule has 1 rings (SSSR count). The van der Waals surface area contributed by atoms with Gasteiger partial charge in [-0.2, -0.15) is 0 Å². The fourth-order valence-electron chi connectivity index (χ4n) is 1.15. The molecule has 0 aliphatic heterocycles. The van der Waals surface area contributed by atoms with Crippen LogP contribution in [0.3, 0.4) is 0 Å². The Morgan fingerprint density at radius 1 is 1.31 bits per heavy atom. The molecular formula is C11H16OS. The number of rotatable bonds is 3. The number of hydrogen-bond donors (Lipinski definition) is 0. The lowest BCUT2D eigenvalue weighted by atomic mass is 10.2. The van der Waals surface area contributed by atoms with Gasteiger partial charge in [0.15, 0.2) is 0 Å². The summed E-state index contributed by atoms with van der Waals surface area (Å²) < 4.78 is 5.60. The molecule has 1 aromatic carbocycles. The molecular weight excluding hydrogens is 180 g/mol. The summed E-state index contributed by atoms with van der Waals surface area (Å²) >= 11 is 1.76. The van der Waals surface area contributed by atoms with Crippen LogP contribution in [0.25, 0.3) is 0 Å². The van der Waals surface area contributed by atoms with Crippen LogP contribution in [0.5, 0.6) is 5.75 Å². The topological polar surface area (TPSA) is 9.23 Å². The lowest BCUT2D eigenvalue weighted by Crippen LogP contribution is -2.05. The summed E-state index contributed by atoms with van der Waals surface area (Å²) in [4.78, 5) is 1.29. The summed E-state index contributed by atoms with van der Waals surface area (Å²) in [6, 6.07) is 6.22.